The SMILES string of the molecule is [CH2]C(O)(CC1(C)CCOc2ccc(F)cc21)C(F)(F)F. The van der Waals surface area contributed by atoms with Gasteiger partial charge in [-0.2, -0.15) is 13.2 Å². The summed E-state index contributed by atoms with van der Waals surface area (Å²) in [5, 5.41) is 9.59. The second kappa shape index (κ2) is 4.62. The highest BCUT2D eigenvalue weighted by Crippen LogP contribution is 2.47. The number of alkyl halides is 3. The van der Waals surface area contributed by atoms with Gasteiger partial charge >= 0.3 is 6.18 Å². The van der Waals surface area contributed by atoms with Crippen LogP contribution in [-0.4, -0.2) is 23.5 Å². The Morgan fingerprint density at radius 2 is 2.05 bits per heavy atom. The van der Waals surface area contributed by atoms with E-state index in [1.54, 1.807) is 6.92 Å². The average molecular weight is 291 g/mol. The van der Waals surface area contributed by atoms with E-state index in [1.165, 1.54) is 12.1 Å². The molecule has 0 fully saturated rings. The lowest BCUT2D eigenvalue weighted by molar-refractivity contribution is -0.248. The van der Waals surface area contributed by atoms with Crippen LogP contribution in [0.4, 0.5) is 17.6 Å². The van der Waals surface area contributed by atoms with Gasteiger partial charge in [0.1, 0.15) is 11.6 Å². The van der Waals surface area contributed by atoms with Gasteiger partial charge in [0.15, 0.2) is 5.60 Å². The molecule has 0 spiro atoms. The minimum absolute atomic E-state index is 0.211. The summed E-state index contributed by atoms with van der Waals surface area (Å²) in [5.74, 6) is -0.210. The third-order valence-corrected chi connectivity index (χ3v) is 3.71. The van der Waals surface area contributed by atoms with Crippen molar-refractivity contribution < 1.29 is 27.4 Å². The molecule has 20 heavy (non-hydrogen) atoms. The molecule has 2 unspecified atom stereocenters. The molecule has 0 saturated carbocycles. The molecule has 0 aliphatic carbocycles. The summed E-state index contributed by atoms with van der Waals surface area (Å²) in [6.45, 7) is 4.63. The van der Waals surface area contributed by atoms with E-state index in [0.29, 0.717) is 11.3 Å². The van der Waals surface area contributed by atoms with Crippen molar-refractivity contribution in [2.45, 2.75) is 37.0 Å². The molecule has 2 nitrogen and oxygen atoms in total. The van der Waals surface area contributed by atoms with Crippen LogP contribution in [0, 0.1) is 12.7 Å². The third kappa shape index (κ3) is 2.61. The summed E-state index contributed by atoms with van der Waals surface area (Å²) in [7, 11) is 0. The van der Waals surface area contributed by atoms with Crippen molar-refractivity contribution in [3.63, 3.8) is 0 Å². The van der Waals surface area contributed by atoms with E-state index < -0.39 is 29.4 Å². The molecular formula is C14H15F4O2. The molecule has 0 aromatic heterocycles. The molecule has 1 aromatic rings. The first-order chi connectivity index (χ1) is 9.05. The van der Waals surface area contributed by atoms with Crippen LogP contribution >= 0.6 is 0 Å². The fraction of sp³-hybridized carbons (Fsp3) is 0.500. The maximum atomic E-state index is 13.3. The van der Waals surface area contributed by atoms with Crippen LogP contribution in [0.25, 0.3) is 0 Å². The second-order valence-corrected chi connectivity index (χ2v) is 5.51. The number of halogens is 4. The molecule has 0 saturated heterocycles. The summed E-state index contributed by atoms with van der Waals surface area (Å²) in [4.78, 5) is 0. The topological polar surface area (TPSA) is 29.5 Å². The van der Waals surface area contributed by atoms with Crippen LogP contribution < -0.4 is 4.74 Å². The van der Waals surface area contributed by atoms with Crippen LogP contribution in [-0.2, 0) is 5.41 Å². The van der Waals surface area contributed by atoms with E-state index in [0.717, 1.165) is 6.07 Å². The van der Waals surface area contributed by atoms with Crippen molar-refractivity contribution in [1.82, 2.24) is 0 Å². The van der Waals surface area contributed by atoms with Gasteiger partial charge in [0.25, 0.3) is 0 Å². The Morgan fingerprint density at radius 3 is 2.65 bits per heavy atom. The monoisotopic (exact) mass is 291 g/mol. The van der Waals surface area contributed by atoms with Gasteiger partial charge in [0.05, 0.1) is 6.61 Å². The highest BCUT2D eigenvalue weighted by Gasteiger charge is 2.54. The van der Waals surface area contributed by atoms with Crippen molar-refractivity contribution in [1.29, 1.82) is 0 Å². The molecule has 2 atom stereocenters. The number of rotatable bonds is 2. The van der Waals surface area contributed by atoms with Crippen molar-refractivity contribution in [2.75, 3.05) is 6.61 Å². The largest absolute Gasteiger partial charge is 0.493 e. The second-order valence-electron chi connectivity index (χ2n) is 5.51. The summed E-state index contributed by atoms with van der Waals surface area (Å²) in [6, 6.07) is 3.73. The quantitative estimate of drug-likeness (QED) is 0.846. The van der Waals surface area contributed by atoms with Crippen LogP contribution in [0.2, 0.25) is 0 Å². The van der Waals surface area contributed by atoms with Gasteiger partial charge in [-0.05, 0) is 38.0 Å². The third-order valence-electron chi connectivity index (χ3n) is 3.71. The predicted molar refractivity (Wildman–Crippen MR) is 64.8 cm³/mol. The molecule has 0 bridgehead atoms. The lowest BCUT2D eigenvalue weighted by atomic mass is 9.70. The molecular weight excluding hydrogens is 276 g/mol. The summed E-state index contributed by atoms with van der Waals surface area (Å²) in [5.41, 5.74) is -3.81. The van der Waals surface area contributed by atoms with Gasteiger partial charge in [0, 0.05) is 11.0 Å². The van der Waals surface area contributed by atoms with E-state index in [1.807, 2.05) is 0 Å². The minimum Gasteiger partial charge on any atom is -0.493 e. The molecule has 111 valence electrons. The molecule has 0 amide bonds. The Morgan fingerprint density at radius 1 is 1.40 bits per heavy atom. The molecule has 1 aliphatic heterocycles. The zero-order chi connectivity index (χ0) is 15.2. The molecule has 2 rings (SSSR count). The molecule has 1 aromatic carbocycles. The van der Waals surface area contributed by atoms with E-state index >= 15 is 0 Å². The predicted octanol–water partition coefficient (Wildman–Crippen LogP) is 3.38. The Labute approximate surface area is 114 Å². The van der Waals surface area contributed by atoms with Crippen LogP contribution in [0.15, 0.2) is 18.2 Å². The van der Waals surface area contributed by atoms with Crippen molar-refractivity contribution in [3.8, 4) is 5.75 Å². The standard InChI is InChI=1S/C14H15F4O2/c1-12(8-13(2,19)14(16,17)18)5-6-20-11-4-3-9(15)7-10(11)12/h3-4,7,19H,2,5-6,8H2,1H3. The minimum atomic E-state index is -4.85. The van der Waals surface area contributed by atoms with E-state index in [-0.39, 0.29) is 13.0 Å². The zero-order valence-electron chi connectivity index (χ0n) is 10.9. The molecule has 6 heteroatoms. The van der Waals surface area contributed by atoms with Crippen molar-refractivity contribution in [3.05, 3.63) is 36.5 Å². The van der Waals surface area contributed by atoms with Gasteiger partial charge in [-0.3, -0.25) is 0 Å². The Hall–Kier alpha value is -1.30. The van der Waals surface area contributed by atoms with Crippen molar-refractivity contribution in [2.24, 2.45) is 0 Å². The molecule has 1 N–H and O–H groups in total. The first-order valence-corrected chi connectivity index (χ1v) is 6.12. The number of hydrogen-bond donors (Lipinski definition) is 1. The van der Waals surface area contributed by atoms with Gasteiger partial charge in [-0.25, -0.2) is 4.39 Å². The summed E-state index contributed by atoms with van der Waals surface area (Å²) in [6.07, 6.45) is -5.25. The maximum absolute atomic E-state index is 13.3. The molecule has 1 aliphatic rings. The highest BCUT2D eigenvalue weighted by molar-refractivity contribution is 5.42. The van der Waals surface area contributed by atoms with E-state index in [2.05, 4.69) is 6.92 Å². The van der Waals surface area contributed by atoms with Gasteiger partial charge < -0.3 is 9.84 Å². The van der Waals surface area contributed by atoms with E-state index in [4.69, 9.17) is 4.74 Å². The number of benzene rings is 1. The van der Waals surface area contributed by atoms with Crippen LogP contribution in [0.5, 0.6) is 5.75 Å². The number of ether oxygens (including phenoxy) is 1. The van der Waals surface area contributed by atoms with Gasteiger partial charge in [0.2, 0.25) is 0 Å². The van der Waals surface area contributed by atoms with Gasteiger partial charge in [-0.1, -0.05) is 6.92 Å². The smallest absolute Gasteiger partial charge is 0.417 e. The molecule has 1 radical (unpaired) electrons. The summed E-state index contributed by atoms with van der Waals surface area (Å²) < 4.78 is 57.1. The highest BCUT2D eigenvalue weighted by atomic mass is 19.4. The fourth-order valence-corrected chi connectivity index (χ4v) is 2.55. The lowest BCUT2D eigenvalue weighted by Crippen LogP contribution is -2.48. The van der Waals surface area contributed by atoms with Crippen molar-refractivity contribution >= 4 is 0 Å². The van der Waals surface area contributed by atoms with Crippen LogP contribution in [0.3, 0.4) is 0 Å². The maximum Gasteiger partial charge on any atom is 0.417 e. The summed E-state index contributed by atoms with van der Waals surface area (Å²) >= 11 is 0. The zero-order valence-corrected chi connectivity index (χ0v) is 10.9. The lowest BCUT2D eigenvalue weighted by Gasteiger charge is -2.41. The first-order valence-electron chi connectivity index (χ1n) is 6.12. The molecule has 1 heterocycles. The number of hydrogen-bond acceptors (Lipinski definition) is 2. The average Bonchev–Trinajstić information content (AvgIpc) is 2.28. The van der Waals surface area contributed by atoms with Crippen LogP contribution in [0.1, 0.15) is 25.3 Å². The normalized spacial score (nSPS) is 25.6. The van der Waals surface area contributed by atoms with Gasteiger partial charge in [-0.15, -0.1) is 0 Å². The van der Waals surface area contributed by atoms with E-state index in [9.17, 15) is 22.7 Å². The number of aliphatic hydroxyl groups is 1. The fourth-order valence-electron chi connectivity index (χ4n) is 2.55. The number of fused-ring (bicyclic) bond motifs is 1. The Bertz CT molecular complexity index is 510. The Balaban J connectivity index is 2.40. The Kier molecular flexibility index (Phi) is 3.48. The first kappa shape index (κ1) is 15.1.